The molecule has 4 rings (SSSR count). The van der Waals surface area contributed by atoms with Crippen LogP contribution in [0.1, 0.15) is 6.42 Å². The molecule has 8 nitrogen and oxygen atoms in total. The number of hydrogen-bond donors (Lipinski definition) is 1. The first-order chi connectivity index (χ1) is 13.2. The maximum atomic E-state index is 12.6. The minimum Gasteiger partial charge on any atom is -0.486 e. The number of nitrogens with zero attached hydrogens (tertiary/aromatic N) is 2. The van der Waals surface area contributed by atoms with Gasteiger partial charge in [0, 0.05) is 50.9 Å². The Labute approximate surface area is 158 Å². The van der Waals surface area contributed by atoms with Crippen LogP contribution in [0.4, 0.5) is 5.69 Å². The van der Waals surface area contributed by atoms with Crippen molar-refractivity contribution in [3.05, 3.63) is 18.2 Å². The van der Waals surface area contributed by atoms with E-state index in [9.17, 15) is 9.59 Å². The van der Waals surface area contributed by atoms with E-state index in [1.54, 1.807) is 23.1 Å². The van der Waals surface area contributed by atoms with E-state index in [2.05, 4.69) is 10.2 Å². The van der Waals surface area contributed by atoms with Crippen molar-refractivity contribution in [1.29, 1.82) is 0 Å². The SMILES string of the molecule is O=C(Nc1ccc2c(c1)OCCO2)C1CC(=O)N(CCN2CCOCC2)C1. The first-order valence-corrected chi connectivity index (χ1v) is 9.47. The second kappa shape index (κ2) is 8.14. The number of ether oxygens (including phenoxy) is 3. The largest absolute Gasteiger partial charge is 0.486 e. The molecular formula is C19H25N3O5. The lowest BCUT2D eigenvalue weighted by atomic mass is 10.1. The van der Waals surface area contributed by atoms with Gasteiger partial charge in [0.1, 0.15) is 13.2 Å². The van der Waals surface area contributed by atoms with Crippen LogP contribution in [0.5, 0.6) is 11.5 Å². The second-order valence-electron chi connectivity index (χ2n) is 7.04. The van der Waals surface area contributed by atoms with Crippen molar-refractivity contribution < 1.29 is 23.8 Å². The quantitative estimate of drug-likeness (QED) is 0.811. The predicted molar refractivity (Wildman–Crippen MR) is 98.0 cm³/mol. The molecule has 1 N–H and O–H groups in total. The number of carbonyl (C=O) groups excluding carboxylic acids is 2. The highest BCUT2D eigenvalue weighted by Crippen LogP contribution is 2.33. The van der Waals surface area contributed by atoms with Crippen molar-refractivity contribution in [3.63, 3.8) is 0 Å². The number of nitrogens with one attached hydrogen (secondary N) is 1. The third kappa shape index (κ3) is 4.33. The van der Waals surface area contributed by atoms with Crippen molar-refractivity contribution in [2.24, 2.45) is 5.92 Å². The Bertz CT molecular complexity index is 705. The molecule has 1 aromatic rings. The molecule has 0 saturated carbocycles. The fraction of sp³-hybridized carbons (Fsp3) is 0.579. The van der Waals surface area contributed by atoms with Crippen LogP contribution in [0.15, 0.2) is 18.2 Å². The van der Waals surface area contributed by atoms with E-state index >= 15 is 0 Å². The first-order valence-electron chi connectivity index (χ1n) is 9.47. The minimum atomic E-state index is -0.324. The van der Waals surface area contributed by atoms with Crippen molar-refractivity contribution in [2.45, 2.75) is 6.42 Å². The summed E-state index contributed by atoms with van der Waals surface area (Å²) in [5.74, 6) is 0.910. The predicted octanol–water partition coefficient (Wildman–Crippen LogP) is 0.577. The van der Waals surface area contributed by atoms with Gasteiger partial charge in [-0.15, -0.1) is 0 Å². The monoisotopic (exact) mass is 375 g/mol. The lowest BCUT2D eigenvalue weighted by Crippen LogP contribution is -2.42. The number of rotatable bonds is 5. The topological polar surface area (TPSA) is 80.3 Å². The van der Waals surface area contributed by atoms with Crippen LogP contribution < -0.4 is 14.8 Å². The van der Waals surface area contributed by atoms with E-state index in [1.165, 1.54) is 0 Å². The summed E-state index contributed by atoms with van der Waals surface area (Å²) in [5.41, 5.74) is 0.656. The molecule has 2 amide bonds. The number of hydrogen-bond acceptors (Lipinski definition) is 6. The van der Waals surface area contributed by atoms with Gasteiger partial charge in [-0.05, 0) is 12.1 Å². The van der Waals surface area contributed by atoms with Crippen LogP contribution in [0.25, 0.3) is 0 Å². The van der Waals surface area contributed by atoms with Gasteiger partial charge in [0.2, 0.25) is 11.8 Å². The van der Waals surface area contributed by atoms with E-state index in [4.69, 9.17) is 14.2 Å². The van der Waals surface area contributed by atoms with Gasteiger partial charge >= 0.3 is 0 Å². The third-order valence-electron chi connectivity index (χ3n) is 5.18. The highest BCUT2D eigenvalue weighted by Gasteiger charge is 2.34. The van der Waals surface area contributed by atoms with Crippen molar-refractivity contribution in [1.82, 2.24) is 9.80 Å². The van der Waals surface area contributed by atoms with Gasteiger partial charge in [-0.2, -0.15) is 0 Å². The summed E-state index contributed by atoms with van der Waals surface area (Å²) >= 11 is 0. The molecule has 1 atom stereocenters. The number of anilines is 1. The molecule has 3 aliphatic rings. The minimum absolute atomic E-state index is 0.0468. The molecule has 1 aromatic carbocycles. The van der Waals surface area contributed by atoms with E-state index in [1.807, 2.05) is 0 Å². The highest BCUT2D eigenvalue weighted by molar-refractivity contribution is 5.97. The summed E-state index contributed by atoms with van der Waals surface area (Å²) in [6, 6.07) is 5.34. The average Bonchev–Trinajstić information content (AvgIpc) is 3.08. The number of morpholine rings is 1. The zero-order valence-electron chi connectivity index (χ0n) is 15.3. The molecule has 3 aliphatic heterocycles. The van der Waals surface area contributed by atoms with Gasteiger partial charge in [0.15, 0.2) is 11.5 Å². The molecule has 27 heavy (non-hydrogen) atoms. The number of likely N-dealkylation sites (tertiary alicyclic amines) is 1. The maximum Gasteiger partial charge on any atom is 0.229 e. The molecule has 146 valence electrons. The van der Waals surface area contributed by atoms with Crippen LogP contribution >= 0.6 is 0 Å². The molecule has 0 spiro atoms. The molecule has 2 fully saturated rings. The van der Waals surface area contributed by atoms with E-state index in [0.29, 0.717) is 43.5 Å². The standard InChI is InChI=1S/C19H25N3O5/c23-18-11-14(13-22(18)4-3-21-5-7-25-8-6-21)19(24)20-15-1-2-16-17(12-15)27-10-9-26-16/h1-2,12,14H,3-11,13H2,(H,20,24). The fourth-order valence-electron chi connectivity index (χ4n) is 3.62. The summed E-state index contributed by atoms with van der Waals surface area (Å²) in [5, 5.41) is 2.90. The van der Waals surface area contributed by atoms with Crippen molar-refractivity contribution in [3.8, 4) is 11.5 Å². The van der Waals surface area contributed by atoms with Gasteiger partial charge in [-0.3, -0.25) is 14.5 Å². The normalized spacial score (nSPS) is 22.7. The average molecular weight is 375 g/mol. The highest BCUT2D eigenvalue weighted by atomic mass is 16.6. The molecule has 1 unspecified atom stereocenters. The number of fused-ring (bicyclic) bond motifs is 1. The summed E-state index contributed by atoms with van der Waals surface area (Å²) in [6.45, 7) is 6.27. The summed E-state index contributed by atoms with van der Waals surface area (Å²) in [7, 11) is 0. The van der Waals surface area contributed by atoms with Crippen molar-refractivity contribution in [2.75, 3.05) is 64.5 Å². The lowest BCUT2D eigenvalue weighted by molar-refractivity contribution is -0.128. The molecule has 0 aliphatic carbocycles. The van der Waals surface area contributed by atoms with Gasteiger partial charge in [-0.25, -0.2) is 0 Å². The zero-order chi connectivity index (χ0) is 18.6. The Hall–Kier alpha value is -2.32. The molecule has 0 aromatic heterocycles. The summed E-state index contributed by atoms with van der Waals surface area (Å²) < 4.78 is 16.4. The Morgan fingerprint density at radius 2 is 1.85 bits per heavy atom. The molecule has 0 radical (unpaired) electrons. The van der Waals surface area contributed by atoms with E-state index < -0.39 is 0 Å². The van der Waals surface area contributed by atoms with Crippen LogP contribution in [-0.4, -0.2) is 80.8 Å². The Morgan fingerprint density at radius 1 is 1.07 bits per heavy atom. The molecular weight excluding hydrogens is 350 g/mol. The first kappa shape index (κ1) is 18.1. The van der Waals surface area contributed by atoms with Gasteiger partial charge in [-0.1, -0.05) is 0 Å². The van der Waals surface area contributed by atoms with Gasteiger partial charge < -0.3 is 24.4 Å². The fourth-order valence-corrected chi connectivity index (χ4v) is 3.62. The van der Waals surface area contributed by atoms with Crippen molar-refractivity contribution >= 4 is 17.5 Å². The Balaban J connectivity index is 1.29. The smallest absolute Gasteiger partial charge is 0.229 e. The number of carbonyl (C=O) groups is 2. The Morgan fingerprint density at radius 3 is 2.67 bits per heavy atom. The number of amides is 2. The lowest BCUT2D eigenvalue weighted by Gasteiger charge is -2.28. The third-order valence-corrected chi connectivity index (χ3v) is 5.18. The van der Waals surface area contributed by atoms with E-state index in [-0.39, 0.29) is 24.2 Å². The van der Waals surface area contributed by atoms with Gasteiger partial charge in [0.25, 0.3) is 0 Å². The number of benzene rings is 1. The summed E-state index contributed by atoms with van der Waals surface area (Å²) in [4.78, 5) is 28.9. The zero-order valence-corrected chi connectivity index (χ0v) is 15.3. The Kier molecular flexibility index (Phi) is 5.45. The van der Waals surface area contributed by atoms with Crippen LogP contribution in [-0.2, 0) is 14.3 Å². The van der Waals surface area contributed by atoms with Gasteiger partial charge in [0.05, 0.1) is 19.1 Å². The second-order valence-corrected chi connectivity index (χ2v) is 7.04. The molecule has 8 heteroatoms. The summed E-state index contributed by atoms with van der Waals surface area (Å²) in [6.07, 6.45) is 0.263. The molecule has 2 saturated heterocycles. The van der Waals surface area contributed by atoms with Crippen LogP contribution in [0, 0.1) is 5.92 Å². The molecule has 3 heterocycles. The van der Waals surface area contributed by atoms with Crippen LogP contribution in [0.3, 0.4) is 0 Å². The molecule has 0 bridgehead atoms. The van der Waals surface area contributed by atoms with Crippen LogP contribution in [0.2, 0.25) is 0 Å². The van der Waals surface area contributed by atoms with E-state index in [0.717, 1.165) is 32.8 Å². The maximum absolute atomic E-state index is 12.6.